The molecule has 68 heavy (non-hydrogen) atoms. The molecule has 0 aliphatic carbocycles. The summed E-state index contributed by atoms with van der Waals surface area (Å²) >= 11 is 2.48. The van der Waals surface area contributed by atoms with Crippen molar-refractivity contribution in [1.29, 1.82) is 0 Å². The van der Waals surface area contributed by atoms with Gasteiger partial charge < -0.3 is 13.9 Å². The maximum Gasteiger partial charge on any atom is 0.261 e. The lowest BCUT2D eigenvalue weighted by Gasteiger charge is -2.43. The molecule has 1 unspecified atom stereocenters. The van der Waals surface area contributed by atoms with Gasteiger partial charge in [-0.25, -0.2) is 9.36 Å². The number of benzene rings is 3. The van der Waals surface area contributed by atoms with E-state index in [2.05, 4.69) is 210 Å². The molecule has 6 aromatic rings. The van der Waals surface area contributed by atoms with Crippen molar-refractivity contribution >= 4 is 60.3 Å². The molecule has 1 aliphatic rings. The first-order valence-electron chi connectivity index (χ1n) is 25.0. The minimum atomic E-state index is -2.69. The number of likely N-dealkylation sites (N-methyl/N-ethyl adjacent to an activating group) is 1. The molecule has 0 bridgehead atoms. The van der Waals surface area contributed by atoms with Gasteiger partial charge in [-0.1, -0.05) is 142 Å². The summed E-state index contributed by atoms with van der Waals surface area (Å²) in [4.78, 5) is 2.45. The highest BCUT2D eigenvalue weighted by Crippen LogP contribution is 2.42. The second-order valence-electron chi connectivity index (χ2n) is 20.8. The van der Waals surface area contributed by atoms with Gasteiger partial charge in [0.1, 0.15) is 19.9 Å². The van der Waals surface area contributed by atoms with Crippen molar-refractivity contribution in [1.82, 2.24) is 34.2 Å². The lowest BCUT2D eigenvalue weighted by atomic mass is 10.1. The van der Waals surface area contributed by atoms with Crippen LogP contribution in [0.25, 0.3) is 22.0 Å². The smallest absolute Gasteiger partial charge is 0.261 e. The maximum atomic E-state index is 7.32. The molecule has 0 spiro atoms. The van der Waals surface area contributed by atoms with Gasteiger partial charge in [0.2, 0.25) is 5.88 Å². The van der Waals surface area contributed by atoms with E-state index < -0.39 is 16.4 Å². The summed E-state index contributed by atoms with van der Waals surface area (Å²) in [5.74, 6) is 4.45. The zero-order chi connectivity index (χ0) is 49.0. The highest BCUT2D eigenvalue weighted by Gasteiger charge is 2.50. The second kappa shape index (κ2) is 21.9. The number of hydrogen-bond donors (Lipinski definition) is 0. The summed E-state index contributed by atoms with van der Waals surface area (Å²) in [5.41, 5.74) is 11.6. The van der Waals surface area contributed by atoms with Gasteiger partial charge >= 0.3 is 0 Å². The van der Waals surface area contributed by atoms with Gasteiger partial charge in [0.25, 0.3) is 8.32 Å². The van der Waals surface area contributed by atoms with E-state index >= 15 is 0 Å². The van der Waals surface area contributed by atoms with Crippen LogP contribution in [0.1, 0.15) is 119 Å². The molecule has 7 rings (SSSR count). The van der Waals surface area contributed by atoms with Crippen LogP contribution in [0.15, 0.2) is 85.1 Å². The van der Waals surface area contributed by atoms with Gasteiger partial charge in [0.15, 0.2) is 6.23 Å². The average Bonchev–Trinajstić information content (AvgIpc) is 3.95. The van der Waals surface area contributed by atoms with Gasteiger partial charge in [-0.3, -0.25) is 9.58 Å². The van der Waals surface area contributed by atoms with Gasteiger partial charge in [-0.15, -0.1) is 5.54 Å². The van der Waals surface area contributed by atoms with Crippen LogP contribution in [0.5, 0.6) is 5.88 Å². The standard InChI is InChI=1S/C55H76IN7O3Si2/c1-14-61(38-51-53(56)43(9)58-62(51)31-33-65-68(55(10,11)12,45-23-17-15-18-24-45)46-25-19-16-20-26-46)37-42(8)66-54-48(36-57-60(54)13)44-28-29-50-47(35-44)49(59-63(50)52-27-21-22-32-64-52)30-34-67(39(2)3,40(4)5)41(6)7/h15-20,23-26,28-29,35-36,39-42,52H,14,21-22,27,31-33,37-38H2,1-13H3/t42-,52?/m0/s1. The van der Waals surface area contributed by atoms with Crippen molar-refractivity contribution in [2.75, 3.05) is 26.3 Å². The number of rotatable bonds is 18. The maximum absolute atomic E-state index is 7.32. The molecule has 2 atom stereocenters. The third-order valence-electron chi connectivity index (χ3n) is 14.4. The van der Waals surface area contributed by atoms with Crippen LogP contribution in [-0.4, -0.2) is 83.0 Å². The van der Waals surface area contributed by atoms with E-state index in [1.165, 1.54) is 19.6 Å². The number of aromatic nitrogens is 6. The van der Waals surface area contributed by atoms with E-state index in [1.807, 2.05) is 17.9 Å². The quantitative estimate of drug-likeness (QED) is 0.0482. The van der Waals surface area contributed by atoms with Crippen molar-refractivity contribution in [2.45, 2.75) is 149 Å². The Morgan fingerprint density at radius 2 is 1.54 bits per heavy atom. The summed E-state index contributed by atoms with van der Waals surface area (Å²) in [7, 11) is -2.74. The lowest BCUT2D eigenvalue weighted by Crippen LogP contribution is -2.66. The highest BCUT2D eigenvalue weighted by atomic mass is 127. The third kappa shape index (κ3) is 10.5. The Bertz CT molecular complexity index is 2610. The summed E-state index contributed by atoms with van der Waals surface area (Å²) in [6.45, 7) is 31.9. The first-order valence-corrected chi connectivity index (χ1v) is 30.2. The van der Waals surface area contributed by atoms with E-state index in [4.69, 9.17) is 29.2 Å². The fraction of sp³-hybridized carbons (Fsp3) is 0.509. The highest BCUT2D eigenvalue weighted by molar-refractivity contribution is 14.1. The van der Waals surface area contributed by atoms with Crippen LogP contribution in [-0.2, 0) is 29.3 Å². The minimum absolute atomic E-state index is 0.0948. The first-order chi connectivity index (χ1) is 32.4. The number of hydrogen-bond acceptors (Lipinski definition) is 7. The summed E-state index contributed by atoms with van der Waals surface area (Å²) in [6, 6.07) is 28.3. The average molecular weight is 1070 g/mol. The molecular weight excluding hydrogens is 990 g/mol. The van der Waals surface area contributed by atoms with Crippen molar-refractivity contribution < 1.29 is 13.9 Å². The van der Waals surface area contributed by atoms with Gasteiger partial charge in [0.05, 0.1) is 45.4 Å². The van der Waals surface area contributed by atoms with E-state index in [-0.39, 0.29) is 17.4 Å². The van der Waals surface area contributed by atoms with Crippen LogP contribution in [0.4, 0.5) is 0 Å². The van der Waals surface area contributed by atoms with Crippen LogP contribution in [0.2, 0.25) is 21.7 Å². The fourth-order valence-electron chi connectivity index (χ4n) is 11.0. The molecule has 0 radical (unpaired) electrons. The van der Waals surface area contributed by atoms with Gasteiger partial charge in [-0.05, 0) is 112 Å². The number of fused-ring (bicyclic) bond motifs is 1. The lowest BCUT2D eigenvalue weighted by molar-refractivity contribution is -0.0367. The predicted molar refractivity (Wildman–Crippen MR) is 293 cm³/mol. The first kappa shape index (κ1) is 51.8. The Morgan fingerprint density at radius 3 is 2.12 bits per heavy atom. The minimum Gasteiger partial charge on any atom is -0.473 e. The number of ether oxygens (including phenoxy) is 2. The normalized spacial score (nSPS) is 15.5. The molecule has 3 aromatic heterocycles. The number of halogens is 1. The zero-order valence-corrected chi connectivity index (χ0v) is 47.2. The third-order valence-corrected chi connectivity index (χ3v) is 27.2. The second-order valence-corrected chi connectivity index (χ2v) is 31.8. The molecule has 1 fully saturated rings. The molecule has 1 aliphatic heterocycles. The van der Waals surface area contributed by atoms with Crippen LogP contribution >= 0.6 is 22.6 Å². The van der Waals surface area contributed by atoms with Crippen molar-refractivity contribution in [3.8, 4) is 28.5 Å². The van der Waals surface area contributed by atoms with Crippen LogP contribution in [0.3, 0.4) is 0 Å². The Balaban J connectivity index is 1.12. The molecule has 3 aromatic carbocycles. The van der Waals surface area contributed by atoms with Crippen molar-refractivity contribution in [3.05, 3.63) is 106 Å². The van der Waals surface area contributed by atoms with E-state index in [1.54, 1.807) is 0 Å². The zero-order valence-electron chi connectivity index (χ0n) is 43.1. The molecule has 364 valence electrons. The molecule has 0 N–H and O–H groups in total. The van der Waals surface area contributed by atoms with Crippen molar-refractivity contribution in [3.63, 3.8) is 0 Å². The number of aryl methyl sites for hydroxylation is 2. The topological polar surface area (TPSA) is 84.4 Å². The number of nitrogens with zero attached hydrogens (tertiary/aromatic N) is 7. The summed E-state index contributed by atoms with van der Waals surface area (Å²) < 4.78 is 27.8. The summed E-state index contributed by atoms with van der Waals surface area (Å²) in [6.07, 6.45) is 4.85. The van der Waals surface area contributed by atoms with Crippen LogP contribution < -0.4 is 15.1 Å². The molecule has 0 saturated carbocycles. The molecule has 10 nitrogen and oxygen atoms in total. The Morgan fingerprint density at radius 1 is 0.897 bits per heavy atom. The van der Waals surface area contributed by atoms with Crippen molar-refractivity contribution in [2.24, 2.45) is 7.05 Å². The van der Waals surface area contributed by atoms with E-state index in [0.717, 1.165) is 84.8 Å². The largest absolute Gasteiger partial charge is 0.473 e. The predicted octanol–water partition coefficient (Wildman–Crippen LogP) is 11.7. The monoisotopic (exact) mass is 1070 g/mol. The summed E-state index contributed by atoms with van der Waals surface area (Å²) in [5, 5.41) is 18.6. The van der Waals surface area contributed by atoms with E-state index in [0.29, 0.717) is 29.8 Å². The SMILES string of the molecule is CCN(Cc1c(I)c(C)nn1CCO[Si](c1ccccc1)(c1ccccc1)C(C)(C)C)C[C@H](C)Oc1c(-c2ccc3c(c2)c(C#C[Si](C(C)C)(C(C)C)C(C)C)nn3C2CCCCO2)cnn1C. The Labute approximate surface area is 422 Å². The van der Waals surface area contributed by atoms with Gasteiger partial charge in [-0.2, -0.15) is 15.3 Å². The fourth-order valence-corrected chi connectivity index (χ4v) is 21.3. The molecule has 0 amide bonds. The van der Waals surface area contributed by atoms with Gasteiger partial charge in [0, 0.05) is 32.1 Å². The Kier molecular flexibility index (Phi) is 16.7. The molecular formula is C55H76IN7O3Si2. The molecule has 1 saturated heterocycles. The van der Waals surface area contributed by atoms with E-state index in [9.17, 15) is 0 Å². The Hall–Kier alpha value is -4.05. The molecule has 4 heterocycles. The molecule has 13 heteroatoms. The van der Waals surface area contributed by atoms with Crippen LogP contribution in [0, 0.1) is 22.0 Å².